The quantitative estimate of drug-likeness (QED) is 0.689. The highest BCUT2D eigenvalue weighted by molar-refractivity contribution is 5.96. The number of nitrogens with zero attached hydrogens (tertiary/aromatic N) is 2. The largest absolute Gasteiger partial charge is 0.476 e. The molecular weight excluding hydrogens is 352 g/mol. The number of carboxylic acid groups (broad SMARTS) is 1. The second-order valence-electron chi connectivity index (χ2n) is 5.81. The first-order valence-electron chi connectivity index (χ1n) is 8.26. The summed E-state index contributed by atoms with van der Waals surface area (Å²) < 4.78 is 6.46. The van der Waals surface area contributed by atoms with Crippen molar-refractivity contribution in [2.45, 2.75) is 19.9 Å². The zero-order chi connectivity index (χ0) is 19.6. The number of ether oxygens (including phenoxy) is 1. The van der Waals surface area contributed by atoms with Gasteiger partial charge in [-0.25, -0.2) is 19.1 Å². The maximum Gasteiger partial charge on any atom is 0.356 e. The van der Waals surface area contributed by atoms with Crippen molar-refractivity contribution in [1.82, 2.24) is 20.4 Å². The van der Waals surface area contributed by atoms with Crippen LogP contribution in [0.2, 0.25) is 0 Å². The van der Waals surface area contributed by atoms with Gasteiger partial charge < -0.3 is 20.5 Å². The molecule has 2 heterocycles. The molecule has 9 nitrogen and oxygen atoms in total. The monoisotopic (exact) mass is 370 g/mol. The van der Waals surface area contributed by atoms with Gasteiger partial charge in [-0.3, -0.25) is 0 Å². The van der Waals surface area contributed by atoms with Crippen molar-refractivity contribution in [2.75, 3.05) is 6.61 Å². The van der Waals surface area contributed by atoms with E-state index in [2.05, 4.69) is 15.7 Å². The minimum atomic E-state index is -1.27. The van der Waals surface area contributed by atoms with Gasteiger partial charge in [-0.2, -0.15) is 5.10 Å². The molecule has 140 valence electrons. The van der Waals surface area contributed by atoms with Crippen LogP contribution in [0.4, 0.5) is 4.79 Å². The van der Waals surface area contributed by atoms with Gasteiger partial charge in [0.2, 0.25) is 0 Å². The first-order valence-corrected chi connectivity index (χ1v) is 8.26. The summed E-state index contributed by atoms with van der Waals surface area (Å²) in [6, 6.07) is 7.38. The Labute approximate surface area is 154 Å². The maximum absolute atomic E-state index is 12.4. The Morgan fingerprint density at radius 3 is 2.63 bits per heavy atom. The zero-order valence-electron chi connectivity index (χ0n) is 14.7. The van der Waals surface area contributed by atoms with Gasteiger partial charge in [0.1, 0.15) is 0 Å². The summed E-state index contributed by atoms with van der Waals surface area (Å²) in [7, 11) is 0. The molecule has 0 aliphatic carbocycles. The summed E-state index contributed by atoms with van der Waals surface area (Å²) in [4.78, 5) is 36.1. The number of carbonyl (C=O) groups excluding carboxylic acids is 2. The molecule has 0 fully saturated rings. The van der Waals surface area contributed by atoms with Crippen molar-refractivity contribution < 1.29 is 24.2 Å². The molecule has 9 heteroatoms. The van der Waals surface area contributed by atoms with Crippen LogP contribution >= 0.6 is 0 Å². The maximum atomic E-state index is 12.4. The van der Waals surface area contributed by atoms with Crippen LogP contribution in [0.1, 0.15) is 35.9 Å². The molecule has 3 N–H and O–H groups in total. The fourth-order valence-electron chi connectivity index (χ4n) is 2.88. The molecule has 2 amide bonds. The summed E-state index contributed by atoms with van der Waals surface area (Å²) >= 11 is 0. The van der Waals surface area contributed by atoms with E-state index in [0.29, 0.717) is 11.4 Å². The van der Waals surface area contributed by atoms with E-state index >= 15 is 0 Å². The molecule has 1 aromatic carbocycles. The fourth-order valence-corrected chi connectivity index (χ4v) is 2.88. The van der Waals surface area contributed by atoms with E-state index in [9.17, 15) is 19.5 Å². The van der Waals surface area contributed by atoms with Crippen LogP contribution in [0.3, 0.4) is 0 Å². The third-order valence-electron chi connectivity index (χ3n) is 4.04. The van der Waals surface area contributed by atoms with E-state index in [-0.39, 0.29) is 23.4 Å². The Morgan fingerprint density at radius 1 is 1.30 bits per heavy atom. The Bertz CT molecular complexity index is 932. The third kappa shape index (κ3) is 3.52. The third-order valence-corrected chi connectivity index (χ3v) is 4.04. The normalized spacial score (nSPS) is 16.5. The zero-order valence-corrected chi connectivity index (χ0v) is 14.7. The van der Waals surface area contributed by atoms with Gasteiger partial charge in [-0.1, -0.05) is 18.2 Å². The molecule has 1 aliphatic rings. The molecule has 0 bridgehead atoms. The van der Waals surface area contributed by atoms with Crippen molar-refractivity contribution in [3.8, 4) is 5.69 Å². The van der Waals surface area contributed by atoms with Crippen LogP contribution in [0.15, 0.2) is 47.8 Å². The minimum Gasteiger partial charge on any atom is -0.476 e. The molecule has 0 spiro atoms. The topological polar surface area (TPSA) is 123 Å². The number of urea groups is 1. The van der Waals surface area contributed by atoms with E-state index in [1.807, 2.05) is 6.07 Å². The van der Waals surface area contributed by atoms with E-state index in [1.165, 1.54) is 10.9 Å². The van der Waals surface area contributed by atoms with Crippen molar-refractivity contribution in [2.24, 2.45) is 0 Å². The van der Waals surface area contributed by atoms with Crippen molar-refractivity contribution in [3.63, 3.8) is 0 Å². The summed E-state index contributed by atoms with van der Waals surface area (Å²) in [5.41, 5.74) is 0.992. The molecule has 27 heavy (non-hydrogen) atoms. The van der Waals surface area contributed by atoms with Gasteiger partial charge in [0, 0.05) is 17.5 Å². The standard InChI is InChI=1S/C18H18N4O5/c1-3-27-17(25)13-10(2)19-18(26)20-14(13)12-9-22(21-15(12)16(23)24)11-7-5-4-6-8-11/h4-9,14H,3H2,1-2H3,(H,23,24)(H2,19,20,26). The SMILES string of the molecule is CCOC(=O)C1=C(C)NC(=O)NC1c1cn(-c2ccccc2)nc1C(=O)O. The Morgan fingerprint density at radius 2 is 2.00 bits per heavy atom. The predicted molar refractivity (Wildman–Crippen MR) is 94.3 cm³/mol. The lowest BCUT2D eigenvalue weighted by Gasteiger charge is -2.27. The highest BCUT2D eigenvalue weighted by atomic mass is 16.5. The molecule has 0 radical (unpaired) electrons. The Balaban J connectivity index is 2.14. The number of carboxylic acids is 1. The van der Waals surface area contributed by atoms with E-state index in [4.69, 9.17) is 4.74 Å². The van der Waals surface area contributed by atoms with Crippen LogP contribution in [-0.2, 0) is 9.53 Å². The Hall–Kier alpha value is -3.62. The van der Waals surface area contributed by atoms with Crippen LogP contribution in [0, 0.1) is 0 Å². The number of amides is 2. The van der Waals surface area contributed by atoms with Crippen LogP contribution in [0.25, 0.3) is 5.69 Å². The predicted octanol–water partition coefficient (Wildman–Crippen LogP) is 1.76. The average molecular weight is 370 g/mol. The van der Waals surface area contributed by atoms with Crippen LogP contribution in [0.5, 0.6) is 0 Å². The fraction of sp³-hybridized carbons (Fsp3) is 0.222. The van der Waals surface area contributed by atoms with Gasteiger partial charge in [0.15, 0.2) is 5.69 Å². The summed E-state index contributed by atoms with van der Waals surface area (Å²) in [6.45, 7) is 3.36. The van der Waals surface area contributed by atoms with Crippen molar-refractivity contribution in [1.29, 1.82) is 0 Å². The van der Waals surface area contributed by atoms with E-state index in [0.717, 1.165) is 0 Å². The number of hydrogen-bond acceptors (Lipinski definition) is 5. The molecular formula is C18H18N4O5. The van der Waals surface area contributed by atoms with Crippen molar-refractivity contribution >= 4 is 18.0 Å². The van der Waals surface area contributed by atoms with Crippen LogP contribution < -0.4 is 10.6 Å². The molecule has 2 aromatic rings. The van der Waals surface area contributed by atoms with E-state index < -0.39 is 24.0 Å². The number of aromatic carboxylic acids is 1. The number of allylic oxidation sites excluding steroid dienone is 1. The first kappa shape index (κ1) is 18.2. The number of carbonyl (C=O) groups is 3. The van der Waals surface area contributed by atoms with E-state index in [1.54, 1.807) is 38.1 Å². The smallest absolute Gasteiger partial charge is 0.356 e. The summed E-state index contributed by atoms with van der Waals surface area (Å²) in [5.74, 6) is -1.91. The molecule has 3 rings (SSSR count). The van der Waals surface area contributed by atoms with Gasteiger partial charge >= 0.3 is 18.0 Å². The van der Waals surface area contributed by atoms with Crippen LogP contribution in [-0.4, -0.2) is 39.5 Å². The van der Waals surface area contributed by atoms with Crippen molar-refractivity contribution in [3.05, 3.63) is 59.1 Å². The number of esters is 1. The number of para-hydroxylation sites is 1. The van der Waals surface area contributed by atoms with Gasteiger partial charge in [-0.05, 0) is 26.0 Å². The molecule has 0 saturated heterocycles. The number of hydrogen-bond donors (Lipinski definition) is 3. The highest BCUT2D eigenvalue weighted by Gasteiger charge is 2.36. The van der Waals surface area contributed by atoms with Gasteiger partial charge in [-0.15, -0.1) is 0 Å². The number of benzene rings is 1. The lowest BCUT2D eigenvalue weighted by atomic mass is 9.96. The number of rotatable bonds is 5. The van der Waals surface area contributed by atoms with Gasteiger partial charge in [0.25, 0.3) is 0 Å². The molecule has 1 unspecified atom stereocenters. The molecule has 1 atom stereocenters. The second-order valence-corrected chi connectivity index (χ2v) is 5.81. The first-order chi connectivity index (χ1) is 12.9. The number of aromatic nitrogens is 2. The summed E-state index contributed by atoms with van der Waals surface area (Å²) in [5, 5.41) is 18.8. The minimum absolute atomic E-state index is 0.131. The Kier molecular flexibility index (Phi) is 4.93. The lowest BCUT2D eigenvalue weighted by Crippen LogP contribution is -2.45. The molecule has 1 aliphatic heterocycles. The number of nitrogens with one attached hydrogen (secondary N) is 2. The second kappa shape index (κ2) is 7.32. The molecule has 1 aromatic heterocycles. The summed E-state index contributed by atoms with van der Waals surface area (Å²) in [6.07, 6.45) is 1.49. The lowest BCUT2D eigenvalue weighted by molar-refractivity contribution is -0.139. The molecule has 0 saturated carbocycles. The average Bonchev–Trinajstić information content (AvgIpc) is 3.07. The highest BCUT2D eigenvalue weighted by Crippen LogP contribution is 2.30. The van der Waals surface area contributed by atoms with Gasteiger partial charge in [0.05, 0.1) is 23.9 Å².